The van der Waals surface area contributed by atoms with Gasteiger partial charge in [-0.1, -0.05) is 58.3 Å². The lowest BCUT2D eigenvalue weighted by atomic mass is 9.65. The lowest BCUT2D eigenvalue weighted by Gasteiger charge is -2.40. The highest BCUT2D eigenvalue weighted by molar-refractivity contribution is 5.02. The van der Waals surface area contributed by atoms with E-state index in [1.807, 2.05) is 0 Å². The van der Waals surface area contributed by atoms with Crippen LogP contribution in [-0.2, 0) is 4.74 Å². The van der Waals surface area contributed by atoms with Crippen molar-refractivity contribution in [2.45, 2.75) is 96.8 Å². The van der Waals surface area contributed by atoms with Gasteiger partial charge in [0.15, 0.2) is 0 Å². The molecule has 0 aromatic heterocycles. The molecule has 2 fully saturated rings. The van der Waals surface area contributed by atoms with Crippen molar-refractivity contribution in [1.82, 2.24) is 0 Å². The molecule has 0 atom stereocenters. The lowest BCUT2D eigenvalue weighted by Crippen LogP contribution is -2.33. The number of hydrogen-bond donors (Lipinski definition) is 0. The summed E-state index contributed by atoms with van der Waals surface area (Å²) >= 11 is 0. The quantitative estimate of drug-likeness (QED) is 0.451. The number of nitriles is 1. The van der Waals surface area contributed by atoms with Gasteiger partial charge in [-0.2, -0.15) is 5.26 Å². The Kier molecular flexibility index (Phi) is 8.60. The first-order chi connectivity index (χ1) is 11.7. The number of unbranched alkanes of at least 4 members (excludes halogenated alkanes) is 4. The highest BCUT2D eigenvalue weighted by Gasteiger charge is 2.38. The van der Waals surface area contributed by atoms with Gasteiger partial charge in [-0.3, -0.25) is 0 Å². The lowest BCUT2D eigenvalue weighted by molar-refractivity contribution is 0.0555. The first-order valence-corrected chi connectivity index (χ1v) is 10.6. The third-order valence-corrected chi connectivity index (χ3v) is 6.92. The fraction of sp³-hybridized carbons (Fsp3) is 0.955. The monoisotopic (exact) mass is 333 g/mol. The third-order valence-electron chi connectivity index (χ3n) is 6.92. The summed E-state index contributed by atoms with van der Waals surface area (Å²) in [5, 5.41) is 9.51. The smallest absolute Gasteiger partial charge is 0.0807 e. The molecule has 2 saturated carbocycles. The Morgan fingerprint density at radius 1 is 0.917 bits per heavy atom. The summed E-state index contributed by atoms with van der Waals surface area (Å²) < 4.78 is 5.31. The van der Waals surface area contributed by atoms with Crippen LogP contribution in [0, 0.1) is 34.5 Å². The van der Waals surface area contributed by atoms with E-state index in [4.69, 9.17) is 4.74 Å². The van der Waals surface area contributed by atoms with Gasteiger partial charge in [0.25, 0.3) is 0 Å². The first kappa shape index (κ1) is 19.8. The van der Waals surface area contributed by atoms with Gasteiger partial charge in [-0.25, -0.2) is 0 Å². The third kappa shape index (κ3) is 5.76. The van der Waals surface area contributed by atoms with Crippen molar-refractivity contribution in [2.24, 2.45) is 23.2 Å². The summed E-state index contributed by atoms with van der Waals surface area (Å²) in [5.74, 6) is 2.84. The molecule has 0 radical (unpaired) electrons. The average molecular weight is 334 g/mol. The molecule has 2 heteroatoms. The van der Waals surface area contributed by atoms with E-state index in [0.29, 0.717) is 6.61 Å². The molecule has 0 unspecified atom stereocenters. The molecule has 0 saturated heterocycles. The van der Waals surface area contributed by atoms with E-state index < -0.39 is 0 Å². The average Bonchev–Trinajstić information content (AvgIpc) is 2.63. The Morgan fingerprint density at radius 2 is 1.54 bits per heavy atom. The normalized spacial score (nSPS) is 34.0. The van der Waals surface area contributed by atoms with Crippen LogP contribution in [0.4, 0.5) is 0 Å². The Morgan fingerprint density at radius 3 is 2.12 bits per heavy atom. The Balaban J connectivity index is 1.64. The molecule has 138 valence electrons. The second-order valence-corrected chi connectivity index (χ2v) is 8.65. The number of rotatable bonds is 9. The van der Waals surface area contributed by atoms with Crippen LogP contribution in [0.2, 0.25) is 0 Å². The van der Waals surface area contributed by atoms with E-state index in [9.17, 15) is 5.26 Å². The summed E-state index contributed by atoms with van der Waals surface area (Å²) in [6, 6.07) is 2.56. The highest BCUT2D eigenvalue weighted by Crippen LogP contribution is 2.46. The van der Waals surface area contributed by atoms with E-state index in [0.717, 1.165) is 30.6 Å². The van der Waals surface area contributed by atoms with E-state index >= 15 is 0 Å². The first-order valence-electron chi connectivity index (χ1n) is 10.6. The van der Waals surface area contributed by atoms with Crippen LogP contribution in [0.1, 0.15) is 96.8 Å². The van der Waals surface area contributed by atoms with Gasteiger partial charge in [0.1, 0.15) is 0 Å². The van der Waals surface area contributed by atoms with Crippen LogP contribution in [-0.4, -0.2) is 13.7 Å². The molecular formula is C22H39NO. The molecule has 0 aliphatic heterocycles. The van der Waals surface area contributed by atoms with Gasteiger partial charge in [0, 0.05) is 7.11 Å². The fourth-order valence-electron chi connectivity index (χ4n) is 5.21. The molecule has 0 heterocycles. The standard InChI is InChI=1S/C22H39NO/c1-3-4-5-6-7-8-19-9-11-20(12-10-19)21-13-15-22(17-23,16-14-21)18-24-2/h19-21H,3-16,18H2,1-2H3/t19?,20?,21-,22-. The molecule has 0 aromatic rings. The summed E-state index contributed by atoms with van der Waals surface area (Å²) in [6.07, 6.45) is 19.1. The molecule has 0 amide bonds. The summed E-state index contributed by atoms with van der Waals surface area (Å²) in [5.41, 5.74) is -0.180. The van der Waals surface area contributed by atoms with Crippen LogP contribution in [0.5, 0.6) is 0 Å². The molecule has 2 nitrogen and oxygen atoms in total. The van der Waals surface area contributed by atoms with Crippen molar-refractivity contribution < 1.29 is 4.74 Å². The van der Waals surface area contributed by atoms with Crippen molar-refractivity contribution in [3.63, 3.8) is 0 Å². The summed E-state index contributed by atoms with van der Waals surface area (Å²) in [7, 11) is 1.73. The van der Waals surface area contributed by atoms with Crippen LogP contribution in [0.15, 0.2) is 0 Å². The largest absolute Gasteiger partial charge is 0.383 e. The van der Waals surface area contributed by atoms with Gasteiger partial charge in [-0.05, 0) is 56.3 Å². The molecule has 2 aliphatic carbocycles. The van der Waals surface area contributed by atoms with Crippen LogP contribution < -0.4 is 0 Å². The maximum Gasteiger partial charge on any atom is 0.0807 e. The predicted molar refractivity (Wildman–Crippen MR) is 101 cm³/mol. The molecule has 0 aromatic carbocycles. The number of methoxy groups -OCH3 is 1. The van der Waals surface area contributed by atoms with E-state index in [1.165, 1.54) is 77.0 Å². The van der Waals surface area contributed by atoms with Gasteiger partial charge >= 0.3 is 0 Å². The van der Waals surface area contributed by atoms with Crippen molar-refractivity contribution >= 4 is 0 Å². The van der Waals surface area contributed by atoms with Gasteiger partial charge in [0.2, 0.25) is 0 Å². The topological polar surface area (TPSA) is 33.0 Å². The molecule has 2 aliphatic rings. The molecule has 0 N–H and O–H groups in total. The SMILES string of the molecule is CCCCCCCC1CCC([C@H]2CC[C@](C#N)(COC)CC2)CC1. The van der Waals surface area contributed by atoms with Crippen LogP contribution >= 0.6 is 0 Å². The Bertz CT molecular complexity index is 370. The van der Waals surface area contributed by atoms with Crippen LogP contribution in [0.3, 0.4) is 0 Å². The molecule has 0 bridgehead atoms. The Hall–Kier alpha value is -0.550. The zero-order valence-electron chi connectivity index (χ0n) is 16.2. The minimum atomic E-state index is -0.180. The van der Waals surface area contributed by atoms with E-state index in [-0.39, 0.29) is 5.41 Å². The minimum absolute atomic E-state index is 0.180. The van der Waals surface area contributed by atoms with Gasteiger partial charge in [0.05, 0.1) is 18.1 Å². The van der Waals surface area contributed by atoms with Crippen molar-refractivity contribution in [1.29, 1.82) is 5.26 Å². The molecule has 24 heavy (non-hydrogen) atoms. The number of nitrogens with zero attached hydrogens (tertiary/aromatic N) is 1. The summed E-state index contributed by atoms with van der Waals surface area (Å²) in [4.78, 5) is 0. The fourth-order valence-corrected chi connectivity index (χ4v) is 5.21. The van der Waals surface area contributed by atoms with Crippen molar-refractivity contribution in [3.8, 4) is 6.07 Å². The molecule has 2 rings (SSSR count). The van der Waals surface area contributed by atoms with Crippen LogP contribution in [0.25, 0.3) is 0 Å². The van der Waals surface area contributed by atoms with Gasteiger partial charge < -0.3 is 4.74 Å². The second-order valence-electron chi connectivity index (χ2n) is 8.65. The predicted octanol–water partition coefficient (Wildman–Crippen LogP) is 6.50. The molecular weight excluding hydrogens is 294 g/mol. The maximum absolute atomic E-state index is 9.51. The minimum Gasteiger partial charge on any atom is -0.383 e. The number of ether oxygens (including phenoxy) is 1. The zero-order chi connectivity index (χ0) is 17.3. The molecule has 0 spiro atoms. The van der Waals surface area contributed by atoms with E-state index in [2.05, 4.69) is 13.0 Å². The van der Waals surface area contributed by atoms with Crippen molar-refractivity contribution in [2.75, 3.05) is 13.7 Å². The van der Waals surface area contributed by atoms with Crippen molar-refractivity contribution in [3.05, 3.63) is 0 Å². The van der Waals surface area contributed by atoms with E-state index in [1.54, 1.807) is 7.11 Å². The second kappa shape index (κ2) is 10.4. The maximum atomic E-state index is 9.51. The summed E-state index contributed by atoms with van der Waals surface area (Å²) in [6.45, 7) is 2.92. The Labute approximate surface area is 150 Å². The highest BCUT2D eigenvalue weighted by atomic mass is 16.5. The number of hydrogen-bond acceptors (Lipinski definition) is 2. The zero-order valence-corrected chi connectivity index (χ0v) is 16.2. The van der Waals surface area contributed by atoms with Gasteiger partial charge in [-0.15, -0.1) is 0 Å².